The number of hydrogen-bond donors (Lipinski definition) is 7. The molecule has 0 aromatic carbocycles. The van der Waals surface area contributed by atoms with Crippen molar-refractivity contribution in [3.05, 3.63) is 11.6 Å². The van der Waals surface area contributed by atoms with Crippen LogP contribution in [0.4, 0.5) is 0 Å². The fourth-order valence-electron chi connectivity index (χ4n) is 14.1. The first-order valence-corrected chi connectivity index (χ1v) is 23.6. The second kappa shape index (κ2) is 17.3. The molecule has 5 heterocycles. The minimum Gasteiger partial charge on any atom is -0.388 e. The monoisotopic (exact) mass is 882 g/mol. The normalized spacial score (nSPS) is 57.6. The van der Waals surface area contributed by atoms with Gasteiger partial charge < -0.3 is 78.4 Å². The molecule has 16 heteroatoms. The van der Waals surface area contributed by atoms with E-state index in [0.717, 1.165) is 45.1 Å². The third-order valence-electron chi connectivity index (χ3n) is 17.8. The minimum absolute atomic E-state index is 0.00174. The summed E-state index contributed by atoms with van der Waals surface area (Å²) < 4.78 is 56.3. The summed E-state index contributed by atoms with van der Waals surface area (Å²) in [5, 5.41) is 75.8. The molecule has 5 aliphatic heterocycles. The van der Waals surface area contributed by atoms with E-state index in [0.29, 0.717) is 41.9 Å². The second-order valence-corrected chi connectivity index (χ2v) is 21.3. The highest BCUT2D eigenvalue weighted by molar-refractivity contribution is 5.26. The number of fused-ring (bicyclic) bond motifs is 7. The Balaban J connectivity index is 0.924. The highest BCUT2D eigenvalue weighted by Crippen LogP contribution is 2.70. The van der Waals surface area contributed by atoms with Gasteiger partial charge in [-0.1, -0.05) is 39.3 Å². The summed E-state index contributed by atoms with van der Waals surface area (Å²) in [5.41, 5.74) is 1.59. The molecule has 0 bridgehead atoms. The molecule has 354 valence electrons. The van der Waals surface area contributed by atoms with Crippen LogP contribution in [0.2, 0.25) is 0 Å². The minimum atomic E-state index is -1.68. The molecule has 0 aromatic rings. The van der Waals surface area contributed by atoms with Crippen LogP contribution in [-0.2, 0) is 42.6 Å². The van der Waals surface area contributed by atoms with Gasteiger partial charge in [0.25, 0.3) is 0 Å². The number of methoxy groups -OCH3 is 1. The highest BCUT2D eigenvalue weighted by atomic mass is 16.8. The molecular weight excluding hydrogens is 808 g/mol. The van der Waals surface area contributed by atoms with Crippen LogP contribution in [0.1, 0.15) is 99.3 Å². The van der Waals surface area contributed by atoms with Gasteiger partial charge >= 0.3 is 0 Å². The maximum Gasteiger partial charge on any atom is 0.187 e. The van der Waals surface area contributed by atoms with E-state index in [2.05, 4.69) is 33.8 Å². The fourth-order valence-corrected chi connectivity index (χ4v) is 14.1. The zero-order chi connectivity index (χ0) is 44.2. The first-order valence-electron chi connectivity index (χ1n) is 23.6. The predicted octanol–water partition coefficient (Wildman–Crippen LogP) is 1.90. The molecule has 4 aliphatic carbocycles. The van der Waals surface area contributed by atoms with Crippen LogP contribution in [0.5, 0.6) is 0 Å². The van der Waals surface area contributed by atoms with Gasteiger partial charge in [0, 0.05) is 19.4 Å². The van der Waals surface area contributed by atoms with Crippen molar-refractivity contribution in [1.82, 2.24) is 0 Å². The van der Waals surface area contributed by atoms with Crippen LogP contribution >= 0.6 is 0 Å². The average Bonchev–Trinajstić information content (AvgIpc) is 3.69. The lowest BCUT2D eigenvalue weighted by atomic mass is 9.47. The average molecular weight is 883 g/mol. The summed E-state index contributed by atoms with van der Waals surface area (Å²) in [6.07, 6.45) is -9.25. The van der Waals surface area contributed by atoms with Crippen molar-refractivity contribution < 1.29 is 78.4 Å². The van der Waals surface area contributed by atoms with E-state index in [4.69, 9.17) is 42.6 Å². The van der Waals surface area contributed by atoms with E-state index in [1.807, 2.05) is 0 Å². The van der Waals surface area contributed by atoms with Crippen LogP contribution in [0.25, 0.3) is 0 Å². The number of allylic oxidation sites excluding steroid dienone is 1. The molecule has 0 unspecified atom stereocenters. The smallest absolute Gasteiger partial charge is 0.187 e. The maximum absolute atomic E-state index is 12.1. The molecule has 9 aliphatic rings. The lowest BCUT2D eigenvalue weighted by Crippen LogP contribution is -2.66. The summed E-state index contributed by atoms with van der Waals surface area (Å²) in [7, 11) is 1.46. The van der Waals surface area contributed by atoms with E-state index in [9.17, 15) is 35.7 Å². The molecule has 8 fully saturated rings. The molecule has 3 saturated carbocycles. The van der Waals surface area contributed by atoms with Crippen molar-refractivity contribution in [3.63, 3.8) is 0 Å². The summed E-state index contributed by atoms with van der Waals surface area (Å²) in [5.74, 6) is 2.71. The largest absolute Gasteiger partial charge is 0.388 e. The van der Waals surface area contributed by atoms with E-state index in [-0.39, 0.29) is 29.6 Å². The molecule has 5 saturated heterocycles. The SMILES string of the molecule is COC[C@H]1O[C@@H](O[C@H]2CC[C@@]3(C)C(=CC[C@H]4[C@@H]5C[C@@H]6O[C@]7(CC[C@@H](C)CO7)[C@@H](C)[C@@H]6[C@@]5(C)CC[C@@H]43)C2)[C@H](O[C@@H]2O[C@@H](C)[C@H](O)[C@@H](O)[C@H]2O)[C@@H](O)[C@@H]1O[C@@H]1O[C@@H](C)[C@H](O)[C@@H](O)[C@H]1O. The summed E-state index contributed by atoms with van der Waals surface area (Å²) in [6, 6.07) is 0. The lowest BCUT2D eigenvalue weighted by molar-refractivity contribution is -0.389. The van der Waals surface area contributed by atoms with Crippen molar-refractivity contribution in [3.8, 4) is 0 Å². The molecule has 9 rings (SSSR count). The van der Waals surface area contributed by atoms with Crippen molar-refractivity contribution >= 4 is 0 Å². The number of hydrogen-bond acceptors (Lipinski definition) is 16. The lowest BCUT2D eigenvalue weighted by Gasteiger charge is -2.59. The van der Waals surface area contributed by atoms with Crippen molar-refractivity contribution in [2.45, 2.75) is 209 Å². The molecule has 16 nitrogen and oxygen atoms in total. The van der Waals surface area contributed by atoms with Crippen LogP contribution < -0.4 is 0 Å². The molecule has 1 spiro atoms. The Morgan fingerprint density at radius 3 is 1.98 bits per heavy atom. The number of rotatable bonds is 8. The van der Waals surface area contributed by atoms with Gasteiger partial charge in [0.05, 0.1) is 37.6 Å². The van der Waals surface area contributed by atoms with Crippen LogP contribution in [-0.4, -0.2) is 166 Å². The Morgan fingerprint density at radius 1 is 0.694 bits per heavy atom. The fraction of sp³-hybridized carbons (Fsp3) is 0.957. The third kappa shape index (κ3) is 7.59. The Bertz CT molecular complexity index is 1610. The molecule has 7 N–H and O–H groups in total. The Kier molecular flexibility index (Phi) is 12.9. The highest BCUT2D eigenvalue weighted by Gasteiger charge is 2.69. The molecule has 26 atom stereocenters. The maximum atomic E-state index is 12.1. The molecule has 0 radical (unpaired) electrons. The van der Waals surface area contributed by atoms with Crippen LogP contribution in [0.15, 0.2) is 11.6 Å². The van der Waals surface area contributed by atoms with E-state index < -0.39 is 97.9 Å². The molecule has 0 amide bonds. The van der Waals surface area contributed by atoms with E-state index in [1.54, 1.807) is 0 Å². The van der Waals surface area contributed by atoms with Crippen LogP contribution in [0, 0.1) is 46.3 Å². The first-order chi connectivity index (χ1) is 29.4. The van der Waals surface area contributed by atoms with Gasteiger partial charge in [-0.05, 0) is 106 Å². The topological polar surface area (TPSA) is 225 Å². The number of aliphatic hydroxyl groups is 7. The van der Waals surface area contributed by atoms with Gasteiger partial charge in [0.1, 0.15) is 61.0 Å². The van der Waals surface area contributed by atoms with Crippen molar-refractivity contribution in [1.29, 1.82) is 0 Å². The summed E-state index contributed by atoms with van der Waals surface area (Å²) >= 11 is 0. The first kappa shape index (κ1) is 46.2. The predicted molar refractivity (Wildman–Crippen MR) is 218 cm³/mol. The van der Waals surface area contributed by atoms with E-state index in [1.165, 1.54) is 39.4 Å². The number of ether oxygens (including phenoxy) is 9. The van der Waals surface area contributed by atoms with Gasteiger partial charge in [-0.3, -0.25) is 0 Å². The zero-order valence-corrected chi connectivity index (χ0v) is 37.4. The third-order valence-corrected chi connectivity index (χ3v) is 17.8. The van der Waals surface area contributed by atoms with Gasteiger partial charge in [-0.25, -0.2) is 0 Å². The van der Waals surface area contributed by atoms with Gasteiger partial charge in [-0.2, -0.15) is 0 Å². The summed E-state index contributed by atoms with van der Waals surface area (Å²) in [4.78, 5) is 0. The van der Waals surface area contributed by atoms with Crippen molar-refractivity contribution in [2.75, 3.05) is 20.3 Å². The molecule has 62 heavy (non-hydrogen) atoms. The van der Waals surface area contributed by atoms with Crippen LogP contribution in [0.3, 0.4) is 0 Å². The van der Waals surface area contributed by atoms with E-state index >= 15 is 0 Å². The number of aliphatic hydroxyl groups excluding tert-OH is 7. The zero-order valence-electron chi connectivity index (χ0n) is 37.4. The van der Waals surface area contributed by atoms with Gasteiger partial charge in [0.2, 0.25) is 0 Å². The second-order valence-electron chi connectivity index (χ2n) is 21.3. The Labute approximate surface area is 365 Å². The molecular formula is C46H74O16. The molecule has 0 aromatic heterocycles. The quantitative estimate of drug-likeness (QED) is 0.173. The summed E-state index contributed by atoms with van der Waals surface area (Å²) in [6.45, 7) is 13.4. The Hall–Kier alpha value is -0.900. The van der Waals surface area contributed by atoms with Gasteiger partial charge in [-0.15, -0.1) is 0 Å². The van der Waals surface area contributed by atoms with Gasteiger partial charge in [0.15, 0.2) is 24.7 Å². The standard InChI is InChI=1S/C46H74O16/c1-20-10-15-46(55-18-20)21(2)31-29(62-46)17-28-26-9-8-24-16-25(11-13-44(24,5)27(26)12-14-45(28,31)6)58-43-40(61-42-37(52)35(50)33(48)23(4)57-42)38(53)39(30(59-43)19-54-7)60-41-36(51)34(49)32(47)22(3)56-41/h8,20-23,25-43,47-53H,9-19H2,1-7H3/t20-,21+,22+,23+,25+,26-,27+,28+,29+,30-,31+,32+,33+,34-,35-,36-,37-,38+,39-,40-,41+,42+,43-,44+,45+,46-/m1/s1. The Morgan fingerprint density at radius 2 is 1.35 bits per heavy atom. The van der Waals surface area contributed by atoms with Crippen molar-refractivity contribution in [2.24, 2.45) is 46.3 Å².